The molecule has 2 fully saturated rings. The first kappa shape index (κ1) is 14.5. The molecule has 1 aliphatic carbocycles. The summed E-state index contributed by atoms with van der Waals surface area (Å²) in [4.78, 5) is 49.2. The molecule has 1 saturated carbocycles. The van der Waals surface area contributed by atoms with Gasteiger partial charge in [-0.3, -0.25) is 19.3 Å². The summed E-state index contributed by atoms with van der Waals surface area (Å²) in [6, 6.07) is 5.54. The largest absolute Gasteiger partial charge is 0.334 e. The van der Waals surface area contributed by atoms with Gasteiger partial charge in [-0.05, 0) is 31.0 Å². The molecule has 3 rings (SSSR count). The molecule has 2 aliphatic rings. The molecule has 0 unspecified atom stereocenters. The van der Waals surface area contributed by atoms with Crippen LogP contribution in [0, 0.1) is 0 Å². The molecular formula is C14H12ClN3O4. The Hall–Kier alpha value is -2.41. The maximum atomic E-state index is 12.1. The lowest BCUT2D eigenvalue weighted by molar-refractivity contribution is -0.143. The van der Waals surface area contributed by atoms with E-state index in [4.69, 9.17) is 11.6 Å². The lowest BCUT2D eigenvalue weighted by Crippen LogP contribution is -2.39. The number of anilines is 1. The number of hydrogen-bond donors (Lipinski definition) is 1. The lowest BCUT2D eigenvalue weighted by atomic mass is 10.3. The molecule has 0 spiro atoms. The number of nitrogens with one attached hydrogen (secondary N) is 1. The second-order valence-electron chi connectivity index (χ2n) is 5.14. The summed E-state index contributed by atoms with van der Waals surface area (Å²) in [5.74, 6) is -2.39. The van der Waals surface area contributed by atoms with E-state index < -0.39 is 30.3 Å². The Labute approximate surface area is 130 Å². The van der Waals surface area contributed by atoms with Gasteiger partial charge in [-0.15, -0.1) is 0 Å². The van der Waals surface area contributed by atoms with Crippen LogP contribution in [0.2, 0.25) is 5.02 Å². The third-order valence-corrected chi connectivity index (χ3v) is 3.64. The summed E-state index contributed by atoms with van der Waals surface area (Å²) in [5, 5.41) is 2.97. The molecule has 5 amide bonds. The fourth-order valence-corrected chi connectivity index (χ4v) is 2.42. The van der Waals surface area contributed by atoms with Crippen molar-refractivity contribution in [1.82, 2.24) is 9.80 Å². The number of imide groups is 2. The molecule has 1 aliphatic heterocycles. The number of rotatable bonds is 4. The van der Waals surface area contributed by atoms with Gasteiger partial charge < -0.3 is 5.32 Å². The number of amides is 5. The first-order valence-corrected chi connectivity index (χ1v) is 7.09. The minimum atomic E-state index is -0.960. The number of hydrogen-bond acceptors (Lipinski definition) is 4. The van der Waals surface area contributed by atoms with E-state index in [1.807, 2.05) is 0 Å². The van der Waals surface area contributed by atoms with Gasteiger partial charge in [0, 0.05) is 16.8 Å². The third-order valence-electron chi connectivity index (χ3n) is 3.41. The average Bonchev–Trinajstić information content (AvgIpc) is 3.25. The average molecular weight is 322 g/mol. The van der Waals surface area contributed by atoms with Crippen molar-refractivity contribution in [2.75, 3.05) is 11.9 Å². The summed E-state index contributed by atoms with van der Waals surface area (Å²) in [6.07, 6.45) is 1.40. The highest BCUT2D eigenvalue weighted by atomic mass is 35.5. The SMILES string of the molecule is O=C(CN1C(=O)C(=O)N(C2CC2)C1=O)Nc1cccc(Cl)c1. The fourth-order valence-electron chi connectivity index (χ4n) is 2.23. The maximum Gasteiger partial charge on any atom is 0.334 e. The fraction of sp³-hybridized carbons (Fsp3) is 0.286. The van der Waals surface area contributed by atoms with Crippen LogP contribution >= 0.6 is 11.6 Å². The summed E-state index contributed by atoms with van der Waals surface area (Å²) in [7, 11) is 0. The summed E-state index contributed by atoms with van der Waals surface area (Å²) in [6.45, 7) is -0.501. The third kappa shape index (κ3) is 2.67. The molecule has 114 valence electrons. The zero-order valence-electron chi connectivity index (χ0n) is 11.4. The molecule has 1 heterocycles. The van der Waals surface area contributed by atoms with Crippen LogP contribution in [0.3, 0.4) is 0 Å². The Morgan fingerprint density at radius 3 is 2.59 bits per heavy atom. The van der Waals surface area contributed by atoms with Gasteiger partial charge in [0.05, 0.1) is 0 Å². The molecule has 1 N–H and O–H groups in total. The Bertz CT molecular complexity index is 686. The molecule has 1 saturated heterocycles. The van der Waals surface area contributed by atoms with Crippen molar-refractivity contribution in [3.05, 3.63) is 29.3 Å². The summed E-state index contributed by atoms with van der Waals surface area (Å²) in [5.41, 5.74) is 0.446. The smallest absolute Gasteiger partial charge is 0.324 e. The molecule has 0 aromatic heterocycles. The van der Waals surface area contributed by atoms with Crippen LogP contribution in [0.4, 0.5) is 10.5 Å². The quantitative estimate of drug-likeness (QED) is 0.667. The van der Waals surface area contributed by atoms with Gasteiger partial charge in [0.1, 0.15) is 6.54 Å². The Morgan fingerprint density at radius 2 is 1.95 bits per heavy atom. The number of benzene rings is 1. The molecule has 0 atom stereocenters. The minimum absolute atomic E-state index is 0.204. The van der Waals surface area contributed by atoms with E-state index in [1.165, 1.54) is 6.07 Å². The Morgan fingerprint density at radius 1 is 1.23 bits per heavy atom. The highest BCUT2D eigenvalue weighted by molar-refractivity contribution is 6.45. The molecule has 0 radical (unpaired) electrons. The molecular weight excluding hydrogens is 310 g/mol. The molecule has 1 aromatic carbocycles. The molecule has 8 heteroatoms. The highest BCUT2D eigenvalue weighted by Gasteiger charge is 2.51. The van der Waals surface area contributed by atoms with Gasteiger partial charge >= 0.3 is 17.8 Å². The Balaban J connectivity index is 1.67. The monoisotopic (exact) mass is 321 g/mol. The van der Waals surface area contributed by atoms with Gasteiger partial charge in [-0.25, -0.2) is 9.69 Å². The molecule has 0 bridgehead atoms. The van der Waals surface area contributed by atoms with Crippen LogP contribution in [0.15, 0.2) is 24.3 Å². The predicted octanol–water partition coefficient (Wildman–Crippen LogP) is 1.23. The van der Waals surface area contributed by atoms with E-state index in [2.05, 4.69) is 5.32 Å². The minimum Gasteiger partial charge on any atom is -0.324 e. The maximum absolute atomic E-state index is 12.1. The standard InChI is InChI=1S/C14H12ClN3O4/c15-8-2-1-3-9(6-8)16-11(19)7-17-12(20)13(21)18(14(17)22)10-4-5-10/h1-3,6,10H,4-5,7H2,(H,16,19). The molecule has 22 heavy (non-hydrogen) atoms. The van der Waals surface area contributed by atoms with Gasteiger partial charge in [-0.1, -0.05) is 17.7 Å². The van der Waals surface area contributed by atoms with Crippen molar-refractivity contribution in [1.29, 1.82) is 0 Å². The van der Waals surface area contributed by atoms with E-state index in [-0.39, 0.29) is 6.04 Å². The van der Waals surface area contributed by atoms with E-state index in [0.29, 0.717) is 28.5 Å². The lowest BCUT2D eigenvalue weighted by Gasteiger charge is -2.14. The number of carbonyl (C=O) groups excluding carboxylic acids is 4. The van der Waals surface area contributed by atoms with E-state index in [9.17, 15) is 19.2 Å². The van der Waals surface area contributed by atoms with Crippen LogP contribution in [0.1, 0.15) is 12.8 Å². The van der Waals surface area contributed by atoms with E-state index in [1.54, 1.807) is 18.2 Å². The van der Waals surface area contributed by atoms with Crippen LogP contribution in [0.25, 0.3) is 0 Å². The van der Waals surface area contributed by atoms with Gasteiger partial charge in [0.2, 0.25) is 5.91 Å². The predicted molar refractivity (Wildman–Crippen MR) is 77.1 cm³/mol. The highest BCUT2D eigenvalue weighted by Crippen LogP contribution is 2.30. The Kier molecular flexibility index (Phi) is 3.58. The van der Waals surface area contributed by atoms with Crippen molar-refractivity contribution in [2.45, 2.75) is 18.9 Å². The van der Waals surface area contributed by atoms with Crippen molar-refractivity contribution in [2.24, 2.45) is 0 Å². The van der Waals surface area contributed by atoms with Crippen LogP contribution in [0.5, 0.6) is 0 Å². The van der Waals surface area contributed by atoms with Crippen LogP contribution < -0.4 is 5.32 Å². The number of urea groups is 1. The normalized spacial score (nSPS) is 18.1. The van der Waals surface area contributed by atoms with Crippen LogP contribution in [-0.4, -0.2) is 46.1 Å². The zero-order chi connectivity index (χ0) is 15.9. The number of halogens is 1. The van der Waals surface area contributed by atoms with Gasteiger partial charge in [-0.2, -0.15) is 0 Å². The first-order valence-electron chi connectivity index (χ1n) is 6.72. The zero-order valence-corrected chi connectivity index (χ0v) is 12.2. The van der Waals surface area contributed by atoms with Gasteiger partial charge in [0.15, 0.2) is 0 Å². The van der Waals surface area contributed by atoms with E-state index in [0.717, 1.165) is 4.90 Å². The van der Waals surface area contributed by atoms with Crippen molar-refractivity contribution in [3.8, 4) is 0 Å². The summed E-state index contributed by atoms with van der Waals surface area (Å²) < 4.78 is 0. The second kappa shape index (κ2) is 5.42. The topological polar surface area (TPSA) is 86.8 Å². The molecule has 1 aromatic rings. The van der Waals surface area contributed by atoms with Crippen LogP contribution in [-0.2, 0) is 14.4 Å². The first-order chi connectivity index (χ1) is 10.5. The summed E-state index contributed by atoms with van der Waals surface area (Å²) >= 11 is 5.80. The van der Waals surface area contributed by atoms with Crippen molar-refractivity contribution < 1.29 is 19.2 Å². The van der Waals surface area contributed by atoms with Crippen molar-refractivity contribution >= 4 is 41.0 Å². The van der Waals surface area contributed by atoms with Crippen molar-refractivity contribution in [3.63, 3.8) is 0 Å². The number of carbonyl (C=O) groups is 4. The van der Waals surface area contributed by atoms with Gasteiger partial charge in [0.25, 0.3) is 0 Å². The van der Waals surface area contributed by atoms with E-state index >= 15 is 0 Å². The molecule has 7 nitrogen and oxygen atoms in total. The number of nitrogens with zero attached hydrogens (tertiary/aromatic N) is 2. The second-order valence-corrected chi connectivity index (χ2v) is 5.58.